The minimum atomic E-state index is -4.44. The molecule has 1 aliphatic rings. The second kappa shape index (κ2) is 7.43. The second-order valence-corrected chi connectivity index (χ2v) is 6.66. The topological polar surface area (TPSA) is 72.7 Å². The molecular formula is C17H20F3N5O. The number of rotatable bonds is 4. The standard InChI is InChI=1S/C17H20F3N5O/c1-11-5-2-3-8-14(11)21-15(26)10-25-23-16(22-24-25)12-6-4-7-13(9-12)17(18,19)20/h4,6-7,9,11,14H,2-3,5,8,10H2,1H3,(H,21,26)/t11-,14-/m1/s1. The Balaban J connectivity index is 1.65. The van der Waals surface area contributed by atoms with Crippen molar-refractivity contribution >= 4 is 5.91 Å². The smallest absolute Gasteiger partial charge is 0.351 e. The summed E-state index contributed by atoms with van der Waals surface area (Å²) < 4.78 is 38.4. The van der Waals surface area contributed by atoms with Crippen molar-refractivity contribution < 1.29 is 18.0 Å². The lowest BCUT2D eigenvalue weighted by molar-refractivity contribution is -0.137. The van der Waals surface area contributed by atoms with E-state index in [4.69, 9.17) is 0 Å². The van der Waals surface area contributed by atoms with Crippen molar-refractivity contribution in [3.8, 4) is 11.4 Å². The maximum absolute atomic E-state index is 12.8. The molecule has 0 saturated heterocycles. The molecule has 1 aliphatic carbocycles. The van der Waals surface area contributed by atoms with Gasteiger partial charge in [-0.2, -0.15) is 18.0 Å². The Morgan fingerprint density at radius 3 is 2.81 bits per heavy atom. The summed E-state index contributed by atoms with van der Waals surface area (Å²) in [7, 11) is 0. The van der Waals surface area contributed by atoms with E-state index in [1.54, 1.807) is 0 Å². The molecule has 2 atom stereocenters. The minimum Gasteiger partial charge on any atom is -0.351 e. The first-order valence-corrected chi connectivity index (χ1v) is 8.58. The van der Waals surface area contributed by atoms with Crippen LogP contribution >= 0.6 is 0 Å². The van der Waals surface area contributed by atoms with Crippen molar-refractivity contribution in [2.45, 2.75) is 51.4 Å². The molecule has 1 N–H and O–H groups in total. The van der Waals surface area contributed by atoms with E-state index in [2.05, 4.69) is 27.7 Å². The molecule has 6 nitrogen and oxygen atoms in total. The molecule has 0 unspecified atom stereocenters. The van der Waals surface area contributed by atoms with E-state index >= 15 is 0 Å². The summed E-state index contributed by atoms with van der Waals surface area (Å²) >= 11 is 0. The van der Waals surface area contributed by atoms with Gasteiger partial charge in [-0.15, -0.1) is 10.2 Å². The van der Waals surface area contributed by atoms with Crippen LogP contribution in [0, 0.1) is 5.92 Å². The molecule has 1 heterocycles. The van der Waals surface area contributed by atoms with E-state index in [0.29, 0.717) is 5.92 Å². The SMILES string of the molecule is C[C@@H]1CCCC[C@H]1NC(=O)Cn1nnc(-c2cccc(C(F)(F)F)c2)n1. The summed E-state index contributed by atoms with van der Waals surface area (Å²) in [6, 6.07) is 4.84. The van der Waals surface area contributed by atoms with Gasteiger partial charge in [-0.25, -0.2) is 0 Å². The third kappa shape index (κ3) is 4.39. The molecular weight excluding hydrogens is 347 g/mol. The number of alkyl halides is 3. The number of carbonyl (C=O) groups excluding carboxylic acids is 1. The largest absolute Gasteiger partial charge is 0.416 e. The van der Waals surface area contributed by atoms with Crippen LogP contribution in [0.15, 0.2) is 24.3 Å². The Kier molecular flexibility index (Phi) is 5.24. The summed E-state index contributed by atoms with van der Waals surface area (Å²) in [5.41, 5.74) is -0.581. The van der Waals surface area contributed by atoms with Crippen LogP contribution in [0.2, 0.25) is 0 Å². The molecule has 0 spiro atoms. The van der Waals surface area contributed by atoms with Gasteiger partial charge in [0, 0.05) is 11.6 Å². The molecule has 1 fully saturated rings. The number of benzene rings is 1. The minimum absolute atomic E-state index is 0.0509. The summed E-state index contributed by atoms with van der Waals surface area (Å²) in [5, 5.41) is 14.5. The van der Waals surface area contributed by atoms with Gasteiger partial charge in [0.25, 0.3) is 0 Å². The highest BCUT2D eigenvalue weighted by Crippen LogP contribution is 2.31. The van der Waals surface area contributed by atoms with Gasteiger partial charge in [-0.05, 0) is 36.1 Å². The molecule has 9 heteroatoms. The first kappa shape index (κ1) is 18.3. The normalized spacial score (nSPS) is 20.8. The van der Waals surface area contributed by atoms with E-state index in [0.717, 1.165) is 36.2 Å². The van der Waals surface area contributed by atoms with E-state index in [9.17, 15) is 18.0 Å². The Labute approximate surface area is 148 Å². The highest BCUT2D eigenvalue weighted by atomic mass is 19.4. The van der Waals surface area contributed by atoms with Crippen molar-refractivity contribution in [3.05, 3.63) is 29.8 Å². The summed E-state index contributed by atoms with van der Waals surface area (Å²) in [5.74, 6) is 0.253. The summed E-state index contributed by atoms with van der Waals surface area (Å²) in [4.78, 5) is 13.3. The second-order valence-electron chi connectivity index (χ2n) is 6.66. The van der Waals surface area contributed by atoms with Crippen molar-refractivity contribution in [1.82, 2.24) is 25.5 Å². The average Bonchev–Trinajstić information content (AvgIpc) is 3.05. The maximum atomic E-state index is 12.8. The van der Waals surface area contributed by atoms with Crippen molar-refractivity contribution in [1.29, 1.82) is 0 Å². The Morgan fingerprint density at radius 1 is 1.31 bits per heavy atom. The number of amides is 1. The Hall–Kier alpha value is -2.45. The molecule has 0 aliphatic heterocycles. The number of tetrazole rings is 1. The van der Waals surface area contributed by atoms with Crippen LogP contribution < -0.4 is 5.32 Å². The zero-order chi connectivity index (χ0) is 18.7. The third-order valence-corrected chi connectivity index (χ3v) is 4.64. The fraction of sp³-hybridized carbons (Fsp3) is 0.529. The predicted octanol–water partition coefficient (Wildman–Crippen LogP) is 3.05. The van der Waals surface area contributed by atoms with Crippen LogP contribution in [0.25, 0.3) is 11.4 Å². The lowest BCUT2D eigenvalue weighted by atomic mass is 9.86. The van der Waals surface area contributed by atoms with Gasteiger partial charge in [0.2, 0.25) is 11.7 Å². The van der Waals surface area contributed by atoms with E-state index in [1.807, 2.05) is 0 Å². The molecule has 26 heavy (non-hydrogen) atoms. The maximum Gasteiger partial charge on any atom is 0.416 e. The van der Waals surface area contributed by atoms with Crippen molar-refractivity contribution in [2.24, 2.45) is 5.92 Å². The number of hydrogen-bond acceptors (Lipinski definition) is 4. The summed E-state index contributed by atoms with van der Waals surface area (Å²) in [6.07, 6.45) is -0.128. The zero-order valence-electron chi connectivity index (χ0n) is 14.3. The first-order valence-electron chi connectivity index (χ1n) is 8.58. The van der Waals surface area contributed by atoms with E-state index in [-0.39, 0.29) is 29.9 Å². The number of nitrogens with zero attached hydrogens (tertiary/aromatic N) is 4. The highest BCUT2D eigenvalue weighted by molar-refractivity contribution is 5.75. The van der Waals surface area contributed by atoms with E-state index < -0.39 is 11.7 Å². The molecule has 1 aromatic heterocycles. The molecule has 2 aromatic rings. The van der Waals surface area contributed by atoms with Gasteiger partial charge in [0.1, 0.15) is 6.54 Å². The van der Waals surface area contributed by atoms with Crippen molar-refractivity contribution in [2.75, 3.05) is 0 Å². The third-order valence-electron chi connectivity index (χ3n) is 4.64. The van der Waals surface area contributed by atoms with Crippen LogP contribution in [-0.2, 0) is 17.5 Å². The molecule has 0 bridgehead atoms. The van der Waals surface area contributed by atoms with Crippen LogP contribution in [0.4, 0.5) is 13.2 Å². The first-order chi connectivity index (χ1) is 12.3. The lowest BCUT2D eigenvalue weighted by Gasteiger charge is -2.29. The van der Waals surface area contributed by atoms with Crippen LogP contribution in [0.1, 0.15) is 38.2 Å². The zero-order valence-corrected chi connectivity index (χ0v) is 14.3. The molecule has 140 valence electrons. The lowest BCUT2D eigenvalue weighted by Crippen LogP contribution is -2.42. The average molecular weight is 367 g/mol. The molecule has 3 rings (SSSR count). The monoisotopic (exact) mass is 367 g/mol. The van der Waals surface area contributed by atoms with Gasteiger partial charge in [-0.3, -0.25) is 4.79 Å². The van der Waals surface area contributed by atoms with Gasteiger partial charge in [0.15, 0.2) is 0 Å². The van der Waals surface area contributed by atoms with Crippen LogP contribution in [-0.4, -0.2) is 32.2 Å². The summed E-state index contributed by atoms with van der Waals surface area (Å²) in [6.45, 7) is 2.00. The number of halogens is 3. The van der Waals surface area contributed by atoms with E-state index in [1.165, 1.54) is 18.6 Å². The quantitative estimate of drug-likeness (QED) is 0.902. The number of nitrogens with one attached hydrogen (secondary N) is 1. The van der Waals surface area contributed by atoms with Gasteiger partial charge in [0.05, 0.1) is 5.56 Å². The molecule has 1 saturated carbocycles. The molecule has 1 aromatic carbocycles. The predicted molar refractivity (Wildman–Crippen MR) is 87.8 cm³/mol. The fourth-order valence-corrected chi connectivity index (χ4v) is 3.17. The fourth-order valence-electron chi connectivity index (χ4n) is 3.17. The van der Waals surface area contributed by atoms with Gasteiger partial charge in [-0.1, -0.05) is 31.9 Å². The Bertz CT molecular complexity index is 774. The van der Waals surface area contributed by atoms with Gasteiger partial charge < -0.3 is 5.32 Å². The van der Waals surface area contributed by atoms with Gasteiger partial charge >= 0.3 is 6.18 Å². The molecule has 1 amide bonds. The number of carbonyl (C=O) groups is 1. The number of hydrogen-bond donors (Lipinski definition) is 1. The van der Waals surface area contributed by atoms with Crippen molar-refractivity contribution in [3.63, 3.8) is 0 Å². The Morgan fingerprint density at radius 2 is 2.08 bits per heavy atom. The highest BCUT2D eigenvalue weighted by Gasteiger charge is 2.30. The van der Waals surface area contributed by atoms with Crippen LogP contribution in [0.5, 0.6) is 0 Å². The molecule has 0 radical (unpaired) electrons. The number of aromatic nitrogens is 4. The van der Waals surface area contributed by atoms with Crippen LogP contribution in [0.3, 0.4) is 0 Å².